The van der Waals surface area contributed by atoms with Crippen LogP contribution in [0.15, 0.2) is 84.9 Å². The predicted molar refractivity (Wildman–Crippen MR) is 119 cm³/mol. The van der Waals surface area contributed by atoms with Crippen molar-refractivity contribution in [1.29, 1.82) is 0 Å². The van der Waals surface area contributed by atoms with E-state index in [1.54, 1.807) is 0 Å². The molecule has 0 aliphatic heterocycles. The molecule has 3 heteroatoms. The molecule has 0 atom stereocenters. The Hall–Kier alpha value is -2.65. The van der Waals surface area contributed by atoms with Gasteiger partial charge in [-0.3, -0.25) is 0 Å². The molecule has 0 aliphatic carbocycles. The molecule has 2 nitrogen and oxygen atoms in total. The van der Waals surface area contributed by atoms with Gasteiger partial charge in [-0.25, -0.2) is 0 Å². The van der Waals surface area contributed by atoms with E-state index in [0.29, 0.717) is 5.11 Å². The highest BCUT2D eigenvalue weighted by Crippen LogP contribution is 2.22. The molecule has 0 aromatic heterocycles. The van der Waals surface area contributed by atoms with Crippen LogP contribution in [0.5, 0.6) is 0 Å². The van der Waals surface area contributed by atoms with Crippen LogP contribution in [-0.2, 0) is 6.42 Å². The molecule has 0 amide bonds. The lowest BCUT2D eigenvalue weighted by atomic mass is 9.99. The number of benzene rings is 3. The van der Waals surface area contributed by atoms with Gasteiger partial charge < -0.3 is 10.6 Å². The molecule has 0 bridgehead atoms. The maximum Gasteiger partial charge on any atom is 0.171 e. The van der Waals surface area contributed by atoms with Gasteiger partial charge in [0.15, 0.2) is 5.11 Å². The fraction of sp³-hybridized carbons (Fsp3) is 0.208. The predicted octanol–water partition coefficient (Wildman–Crippen LogP) is 6.11. The zero-order valence-corrected chi connectivity index (χ0v) is 16.5. The Kier molecular flexibility index (Phi) is 7.00. The van der Waals surface area contributed by atoms with Crippen molar-refractivity contribution in [3.8, 4) is 0 Å². The molecule has 0 saturated heterocycles. The molecule has 3 aromatic rings. The maximum absolute atomic E-state index is 5.59. The number of unbranched alkanes of at least 4 members (excludes halogenated alkanes) is 1. The summed E-state index contributed by atoms with van der Waals surface area (Å²) in [7, 11) is 0. The highest BCUT2D eigenvalue weighted by atomic mass is 32.1. The first-order valence-corrected chi connectivity index (χ1v) is 9.93. The lowest BCUT2D eigenvalue weighted by Crippen LogP contribution is -2.33. The first kappa shape index (κ1) is 19.1. The van der Waals surface area contributed by atoms with Crippen LogP contribution in [0.2, 0.25) is 0 Å². The first-order chi connectivity index (χ1) is 13.3. The third-order valence-corrected chi connectivity index (χ3v) is 4.79. The topological polar surface area (TPSA) is 24.1 Å². The third-order valence-electron chi connectivity index (χ3n) is 4.57. The SMILES string of the molecule is CCCCc1ccc(NC(=S)NC(c2ccccc2)c2ccccc2)cc1. The van der Waals surface area contributed by atoms with Crippen molar-refractivity contribution >= 4 is 23.0 Å². The summed E-state index contributed by atoms with van der Waals surface area (Å²) in [5, 5.41) is 7.40. The van der Waals surface area contributed by atoms with Crippen LogP contribution in [0, 0.1) is 0 Å². The summed E-state index contributed by atoms with van der Waals surface area (Å²) in [5.41, 5.74) is 4.74. The molecular weight excluding hydrogens is 348 g/mol. The Bertz CT molecular complexity index is 790. The monoisotopic (exact) mass is 374 g/mol. The van der Waals surface area contributed by atoms with Crippen molar-refractivity contribution < 1.29 is 0 Å². The number of aryl methyl sites for hydroxylation is 1. The molecule has 0 fully saturated rings. The molecule has 2 N–H and O–H groups in total. The van der Waals surface area contributed by atoms with Crippen LogP contribution in [-0.4, -0.2) is 5.11 Å². The summed E-state index contributed by atoms with van der Waals surface area (Å²) in [5.74, 6) is 0. The summed E-state index contributed by atoms with van der Waals surface area (Å²) in [4.78, 5) is 0. The average Bonchev–Trinajstić information content (AvgIpc) is 2.73. The van der Waals surface area contributed by atoms with Gasteiger partial charge in [0, 0.05) is 5.69 Å². The standard InChI is InChI=1S/C24H26N2S/c1-2-3-10-19-15-17-22(18-16-19)25-24(27)26-23(20-11-6-4-7-12-20)21-13-8-5-9-14-21/h4-9,11-18,23H,2-3,10H2,1H3,(H2,25,26,27). The summed E-state index contributed by atoms with van der Waals surface area (Å²) in [6, 6.07) is 29.3. The molecule has 0 aliphatic rings. The number of nitrogens with one attached hydrogen (secondary N) is 2. The van der Waals surface area contributed by atoms with Crippen LogP contribution in [0.25, 0.3) is 0 Å². The van der Waals surface area contributed by atoms with E-state index < -0.39 is 0 Å². The molecule has 0 radical (unpaired) electrons. The van der Waals surface area contributed by atoms with E-state index in [1.165, 1.54) is 29.5 Å². The van der Waals surface area contributed by atoms with E-state index in [-0.39, 0.29) is 6.04 Å². The van der Waals surface area contributed by atoms with Gasteiger partial charge in [-0.2, -0.15) is 0 Å². The third kappa shape index (κ3) is 5.66. The number of hydrogen-bond acceptors (Lipinski definition) is 1. The highest BCUT2D eigenvalue weighted by Gasteiger charge is 2.14. The van der Waals surface area contributed by atoms with Crippen molar-refractivity contribution in [2.24, 2.45) is 0 Å². The molecule has 0 spiro atoms. The van der Waals surface area contributed by atoms with Crippen LogP contribution in [0.4, 0.5) is 5.69 Å². The Balaban J connectivity index is 1.69. The molecule has 0 heterocycles. The van der Waals surface area contributed by atoms with Crippen LogP contribution >= 0.6 is 12.2 Å². The van der Waals surface area contributed by atoms with Gasteiger partial charge in [-0.15, -0.1) is 0 Å². The smallest absolute Gasteiger partial charge is 0.171 e. The largest absolute Gasteiger partial charge is 0.352 e. The second kappa shape index (κ2) is 9.89. The molecule has 3 rings (SSSR count). The second-order valence-electron chi connectivity index (χ2n) is 6.65. The molecule has 138 valence electrons. The summed E-state index contributed by atoms with van der Waals surface area (Å²) < 4.78 is 0. The minimum Gasteiger partial charge on any atom is -0.352 e. The lowest BCUT2D eigenvalue weighted by Gasteiger charge is -2.22. The summed E-state index contributed by atoms with van der Waals surface area (Å²) in [6.45, 7) is 2.22. The second-order valence-corrected chi connectivity index (χ2v) is 7.06. The van der Waals surface area contributed by atoms with Crippen molar-refractivity contribution in [2.45, 2.75) is 32.2 Å². The number of rotatable bonds is 7. The van der Waals surface area contributed by atoms with Gasteiger partial charge in [0.05, 0.1) is 6.04 Å². The Morgan fingerprint density at radius 1 is 0.815 bits per heavy atom. The first-order valence-electron chi connectivity index (χ1n) is 9.52. The fourth-order valence-corrected chi connectivity index (χ4v) is 3.32. The van der Waals surface area contributed by atoms with Gasteiger partial charge in [-0.05, 0) is 53.9 Å². The van der Waals surface area contributed by atoms with E-state index in [4.69, 9.17) is 12.2 Å². The van der Waals surface area contributed by atoms with Crippen molar-refractivity contribution in [3.05, 3.63) is 102 Å². The maximum atomic E-state index is 5.59. The Morgan fingerprint density at radius 3 is 1.89 bits per heavy atom. The van der Waals surface area contributed by atoms with Gasteiger partial charge in [0.1, 0.15) is 0 Å². The van der Waals surface area contributed by atoms with Gasteiger partial charge in [0.2, 0.25) is 0 Å². The number of anilines is 1. The van der Waals surface area contributed by atoms with Gasteiger partial charge in [0.25, 0.3) is 0 Å². The highest BCUT2D eigenvalue weighted by molar-refractivity contribution is 7.80. The van der Waals surface area contributed by atoms with Crippen LogP contribution in [0.3, 0.4) is 0 Å². The minimum atomic E-state index is 0.0104. The fourth-order valence-electron chi connectivity index (χ4n) is 3.08. The number of thiocarbonyl (C=S) groups is 1. The van der Waals surface area contributed by atoms with E-state index in [0.717, 1.165) is 12.1 Å². The van der Waals surface area contributed by atoms with Crippen LogP contribution in [0.1, 0.15) is 42.5 Å². The zero-order valence-electron chi connectivity index (χ0n) is 15.7. The molecule has 0 saturated carbocycles. The lowest BCUT2D eigenvalue weighted by molar-refractivity contribution is 0.768. The summed E-state index contributed by atoms with van der Waals surface area (Å²) in [6.07, 6.45) is 3.57. The molecule has 27 heavy (non-hydrogen) atoms. The summed E-state index contributed by atoms with van der Waals surface area (Å²) >= 11 is 5.59. The van der Waals surface area contributed by atoms with Crippen LogP contribution < -0.4 is 10.6 Å². The van der Waals surface area contributed by atoms with Gasteiger partial charge >= 0.3 is 0 Å². The van der Waals surface area contributed by atoms with Gasteiger partial charge in [-0.1, -0.05) is 86.1 Å². The average molecular weight is 375 g/mol. The Morgan fingerprint density at radius 2 is 1.37 bits per heavy atom. The van der Waals surface area contributed by atoms with E-state index in [2.05, 4.69) is 90.4 Å². The Labute approximate surface area is 167 Å². The molecule has 3 aromatic carbocycles. The quantitative estimate of drug-likeness (QED) is 0.488. The van der Waals surface area contributed by atoms with E-state index in [1.807, 2.05) is 12.1 Å². The molecule has 0 unspecified atom stereocenters. The van der Waals surface area contributed by atoms with Crippen molar-refractivity contribution in [3.63, 3.8) is 0 Å². The van der Waals surface area contributed by atoms with Crippen molar-refractivity contribution in [2.75, 3.05) is 5.32 Å². The minimum absolute atomic E-state index is 0.0104. The normalized spacial score (nSPS) is 10.6. The van der Waals surface area contributed by atoms with E-state index in [9.17, 15) is 0 Å². The number of hydrogen-bond donors (Lipinski definition) is 2. The molecular formula is C24H26N2S. The van der Waals surface area contributed by atoms with Crippen molar-refractivity contribution in [1.82, 2.24) is 5.32 Å². The van der Waals surface area contributed by atoms with E-state index >= 15 is 0 Å². The zero-order chi connectivity index (χ0) is 18.9.